The predicted octanol–water partition coefficient (Wildman–Crippen LogP) is 5.16. The molecule has 0 amide bonds. The number of aliphatic hydroxyl groups is 2. The molecule has 0 spiro atoms. The first-order chi connectivity index (χ1) is 12.6. The van der Waals surface area contributed by atoms with Gasteiger partial charge in [0.25, 0.3) is 0 Å². The summed E-state index contributed by atoms with van der Waals surface area (Å²) in [6, 6.07) is 0. The van der Waals surface area contributed by atoms with Gasteiger partial charge in [0.2, 0.25) is 0 Å². The number of allylic oxidation sites excluding steroid dienone is 5. The number of aliphatic hydroxyl groups excluding tert-OH is 2. The van der Waals surface area contributed by atoms with Crippen molar-refractivity contribution in [3.8, 4) is 0 Å². The van der Waals surface area contributed by atoms with Gasteiger partial charge in [0.1, 0.15) is 0 Å². The minimum atomic E-state index is -0.784. The van der Waals surface area contributed by atoms with E-state index in [1.807, 2.05) is 12.2 Å². The highest BCUT2D eigenvalue weighted by Gasteiger charge is 2.14. The number of unbranched alkanes of at least 4 members (excludes halogenated alkanes) is 5. The van der Waals surface area contributed by atoms with Crippen LogP contribution in [0.2, 0.25) is 0 Å². The maximum Gasteiger partial charge on any atom is 0.303 e. The summed E-state index contributed by atoms with van der Waals surface area (Å²) in [4.78, 5) is 10.4. The second-order valence-corrected chi connectivity index (χ2v) is 6.74. The van der Waals surface area contributed by atoms with Gasteiger partial charge in [-0.1, -0.05) is 69.1 Å². The lowest BCUT2D eigenvalue weighted by molar-refractivity contribution is -0.137. The maximum absolute atomic E-state index is 10.4. The molecule has 0 fully saturated rings. The molecule has 0 aromatic heterocycles. The second-order valence-electron chi connectivity index (χ2n) is 6.74. The molecule has 2 atom stereocenters. The lowest BCUT2D eigenvalue weighted by Gasteiger charge is -2.15. The standard InChI is InChI=1S/C22H38O4/c1-2-3-4-5-6-7-8-9-10-11-12-14-17-20(23)21(24)18-15-13-16-19-22(25)26/h6-7,9-10,12,14,20-21,23-24H,2-5,8,11,13,15-19H2,1H3,(H,25,26)/b7-6-,10-9-,14-12-/t20-,21-/m0/s1. The van der Waals surface area contributed by atoms with Gasteiger partial charge in [0, 0.05) is 6.42 Å². The minimum Gasteiger partial charge on any atom is -0.481 e. The van der Waals surface area contributed by atoms with Crippen molar-refractivity contribution in [1.29, 1.82) is 0 Å². The summed E-state index contributed by atoms with van der Waals surface area (Å²) in [5.41, 5.74) is 0. The van der Waals surface area contributed by atoms with E-state index in [0.717, 1.165) is 25.7 Å². The first-order valence-electron chi connectivity index (χ1n) is 10.1. The molecule has 0 aliphatic carbocycles. The number of rotatable bonds is 17. The third-order valence-corrected chi connectivity index (χ3v) is 4.23. The van der Waals surface area contributed by atoms with E-state index >= 15 is 0 Å². The zero-order valence-corrected chi connectivity index (χ0v) is 16.4. The van der Waals surface area contributed by atoms with Crippen LogP contribution in [0.4, 0.5) is 0 Å². The van der Waals surface area contributed by atoms with Crippen LogP contribution in [0.5, 0.6) is 0 Å². The fraction of sp³-hybridized carbons (Fsp3) is 0.682. The average Bonchev–Trinajstić information content (AvgIpc) is 2.61. The lowest BCUT2D eigenvalue weighted by atomic mass is 10.0. The minimum absolute atomic E-state index is 0.170. The fourth-order valence-corrected chi connectivity index (χ4v) is 2.56. The van der Waals surface area contributed by atoms with Gasteiger partial charge in [-0.05, 0) is 44.9 Å². The van der Waals surface area contributed by atoms with Crippen LogP contribution in [0.25, 0.3) is 0 Å². The summed E-state index contributed by atoms with van der Waals surface area (Å²) in [5.74, 6) is -0.784. The van der Waals surface area contributed by atoms with Crippen molar-refractivity contribution in [3.63, 3.8) is 0 Å². The Morgan fingerprint density at radius 1 is 0.808 bits per heavy atom. The van der Waals surface area contributed by atoms with Crippen molar-refractivity contribution in [2.75, 3.05) is 0 Å². The highest BCUT2D eigenvalue weighted by molar-refractivity contribution is 5.66. The van der Waals surface area contributed by atoms with Gasteiger partial charge in [-0.15, -0.1) is 0 Å². The Balaban J connectivity index is 3.63. The van der Waals surface area contributed by atoms with E-state index in [1.54, 1.807) is 0 Å². The smallest absolute Gasteiger partial charge is 0.303 e. The first-order valence-corrected chi connectivity index (χ1v) is 10.1. The number of carboxylic acid groups (broad SMARTS) is 1. The van der Waals surface area contributed by atoms with Crippen LogP contribution in [0, 0.1) is 0 Å². The molecule has 0 rings (SSSR count). The molecule has 0 bridgehead atoms. The van der Waals surface area contributed by atoms with Crippen LogP contribution in [0.1, 0.15) is 84.0 Å². The summed E-state index contributed by atoms with van der Waals surface area (Å²) in [5, 5.41) is 28.3. The predicted molar refractivity (Wildman–Crippen MR) is 108 cm³/mol. The van der Waals surface area contributed by atoms with Gasteiger partial charge >= 0.3 is 5.97 Å². The van der Waals surface area contributed by atoms with Crippen molar-refractivity contribution in [1.82, 2.24) is 0 Å². The van der Waals surface area contributed by atoms with Crippen molar-refractivity contribution < 1.29 is 20.1 Å². The molecule has 26 heavy (non-hydrogen) atoms. The first kappa shape index (κ1) is 24.6. The van der Waals surface area contributed by atoms with Gasteiger partial charge in [0.05, 0.1) is 12.2 Å². The summed E-state index contributed by atoms with van der Waals surface area (Å²) in [6.07, 6.45) is 21.2. The van der Waals surface area contributed by atoms with E-state index in [2.05, 4.69) is 31.2 Å². The number of hydrogen-bond donors (Lipinski definition) is 3. The Hall–Kier alpha value is -1.39. The van der Waals surface area contributed by atoms with Crippen LogP contribution in [-0.4, -0.2) is 33.5 Å². The fourth-order valence-electron chi connectivity index (χ4n) is 2.56. The highest BCUT2D eigenvalue weighted by atomic mass is 16.4. The maximum atomic E-state index is 10.4. The zero-order chi connectivity index (χ0) is 19.5. The van der Waals surface area contributed by atoms with Crippen molar-refractivity contribution in [2.45, 2.75) is 96.2 Å². The van der Waals surface area contributed by atoms with Crippen LogP contribution >= 0.6 is 0 Å². The Labute approximate surface area is 159 Å². The molecular weight excluding hydrogens is 328 g/mol. The third-order valence-electron chi connectivity index (χ3n) is 4.23. The number of hydrogen-bond acceptors (Lipinski definition) is 3. The Morgan fingerprint density at radius 3 is 2.12 bits per heavy atom. The summed E-state index contributed by atoms with van der Waals surface area (Å²) >= 11 is 0. The van der Waals surface area contributed by atoms with Crippen molar-refractivity contribution >= 4 is 5.97 Å². The van der Waals surface area contributed by atoms with Crippen LogP contribution in [0.15, 0.2) is 36.5 Å². The monoisotopic (exact) mass is 366 g/mol. The SMILES string of the molecule is CCCCC/C=C\C/C=C\C/C=C\C[C@H](O)[C@@H](O)CCCCCC(=O)O. The molecule has 0 unspecified atom stereocenters. The van der Waals surface area contributed by atoms with Gasteiger partial charge in [0.15, 0.2) is 0 Å². The van der Waals surface area contributed by atoms with Crippen LogP contribution in [-0.2, 0) is 4.79 Å². The van der Waals surface area contributed by atoms with Gasteiger partial charge < -0.3 is 15.3 Å². The van der Waals surface area contributed by atoms with Gasteiger partial charge in [-0.3, -0.25) is 4.79 Å². The molecule has 0 aromatic rings. The van der Waals surface area contributed by atoms with Gasteiger partial charge in [-0.2, -0.15) is 0 Å². The summed E-state index contributed by atoms with van der Waals surface area (Å²) < 4.78 is 0. The highest BCUT2D eigenvalue weighted by Crippen LogP contribution is 2.11. The molecule has 0 radical (unpaired) electrons. The van der Waals surface area contributed by atoms with E-state index in [0.29, 0.717) is 19.3 Å². The van der Waals surface area contributed by atoms with Crippen molar-refractivity contribution in [3.05, 3.63) is 36.5 Å². The van der Waals surface area contributed by atoms with E-state index in [9.17, 15) is 15.0 Å². The molecular formula is C22H38O4. The zero-order valence-electron chi connectivity index (χ0n) is 16.4. The van der Waals surface area contributed by atoms with Crippen molar-refractivity contribution in [2.24, 2.45) is 0 Å². The van der Waals surface area contributed by atoms with E-state index in [4.69, 9.17) is 5.11 Å². The summed E-state index contributed by atoms with van der Waals surface area (Å²) in [7, 11) is 0. The number of aliphatic carboxylic acids is 1. The molecule has 150 valence electrons. The van der Waals surface area contributed by atoms with Gasteiger partial charge in [-0.25, -0.2) is 0 Å². The van der Waals surface area contributed by atoms with Crippen LogP contribution in [0.3, 0.4) is 0 Å². The van der Waals surface area contributed by atoms with E-state index in [1.165, 1.54) is 25.7 Å². The molecule has 3 N–H and O–H groups in total. The Kier molecular flexibility index (Phi) is 17.4. The van der Waals surface area contributed by atoms with Crippen LogP contribution < -0.4 is 0 Å². The third kappa shape index (κ3) is 17.4. The molecule has 0 aromatic carbocycles. The van der Waals surface area contributed by atoms with E-state index in [-0.39, 0.29) is 6.42 Å². The molecule has 0 saturated heterocycles. The van der Waals surface area contributed by atoms with E-state index < -0.39 is 18.2 Å². The second kappa shape index (κ2) is 18.4. The molecule has 0 aliphatic rings. The Bertz CT molecular complexity index is 412. The molecule has 0 saturated carbocycles. The average molecular weight is 367 g/mol. The molecule has 4 nitrogen and oxygen atoms in total. The Morgan fingerprint density at radius 2 is 1.46 bits per heavy atom. The topological polar surface area (TPSA) is 77.8 Å². The number of carboxylic acids is 1. The largest absolute Gasteiger partial charge is 0.481 e. The summed E-state index contributed by atoms with van der Waals surface area (Å²) in [6.45, 7) is 2.21. The number of carbonyl (C=O) groups is 1. The molecule has 4 heteroatoms. The lowest BCUT2D eigenvalue weighted by Crippen LogP contribution is -2.25. The molecule has 0 aliphatic heterocycles. The quantitative estimate of drug-likeness (QED) is 0.245. The molecule has 0 heterocycles. The normalized spacial score (nSPS) is 14.6.